The zero-order chi connectivity index (χ0) is 16.7. The van der Waals surface area contributed by atoms with Crippen molar-refractivity contribution >= 4 is 11.6 Å². The van der Waals surface area contributed by atoms with Gasteiger partial charge in [0.25, 0.3) is 0 Å². The van der Waals surface area contributed by atoms with Crippen molar-refractivity contribution < 1.29 is 4.39 Å². The van der Waals surface area contributed by atoms with Crippen LogP contribution in [-0.2, 0) is 0 Å². The fourth-order valence-corrected chi connectivity index (χ4v) is 2.91. The summed E-state index contributed by atoms with van der Waals surface area (Å²) in [6.45, 7) is 4.20. The number of aromatic nitrogens is 3. The van der Waals surface area contributed by atoms with Gasteiger partial charge < -0.3 is 5.32 Å². The number of halogens is 1. The lowest BCUT2D eigenvalue weighted by atomic mass is 9.99. The van der Waals surface area contributed by atoms with Crippen molar-refractivity contribution in [2.24, 2.45) is 0 Å². The van der Waals surface area contributed by atoms with Crippen LogP contribution in [0.5, 0.6) is 0 Å². The molecule has 120 valence electrons. The zero-order valence-corrected chi connectivity index (χ0v) is 13.5. The van der Waals surface area contributed by atoms with E-state index in [0.717, 1.165) is 16.8 Å². The minimum atomic E-state index is -0.245. The Morgan fingerprint density at radius 3 is 2.58 bits per heavy atom. The van der Waals surface area contributed by atoms with E-state index in [2.05, 4.69) is 53.5 Å². The van der Waals surface area contributed by atoms with E-state index >= 15 is 0 Å². The fraction of sp³-hybridized carbons (Fsp3) is 0.158. The smallest absolute Gasteiger partial charge is 0.226 e. The van der Waals surface area contributed by atoms with Crippen LogP contribution in [0.4, 0.5) is 10.3 Å². The molecule has 24 heavy (non-hydrogen) atoms. The van der Waals surface area contributed by atoms with E-state index in [1.165, 1.54) is 29.6 Å². The van der Waals surface area contributed by atoms with Crippen LogP contribution in [-0.4, -0.2) is 14.8 Å². The Kier molecular flexibility index (Phi) is 3.41. The number of benzene rings is 2. The quantitative estimate of drug-likeness (QED) is 0.773. The molecular formula is C19H17FN4. The van der Waals surface area contributed by atoms with Crippen LogP contribution in [0.3, 0.4) is 0 Å². The molecule has 4 nitrogen and oxygen atoms in total. The van der Waals surface area contributed by atoms with Crippen molar-refractivity contribution in [3.8, 4) is 0 Å². The Hall–Kier alpha value is -2.95. The van der Waals surface area contributed by atoms with Crippen molar-refractivity contribution in [2.45, 2.75) is 19.9 Å². The van der Waals surface area contributed by atoms with Crippen molar-refractivity contribution in [3.63, 3.8) is 0 Å². The molecule has 0 saturated heterocycles. The van der Waals surface area contributed by atoms with Crippen molar-refractivity contribution in [1.29, 1.82) is 0 Å². The summed E-state index contributed by atoms with van der Waals surface area (Å²) in [7, 11) is 0. The van der Waals surface area contributed by atoms with Gasteiger partial charge in [-0.1, -0.05) is 24.3 Å². The van der Waals surface area contributed by atoms with E-state index in [0.29, 0.717) is 5.95 Å². The molecule has 1 aromatic heterocycles. The van der Waals surface area contributed by atoms with Gasteiger partial charge in [-0.2, -0.15) is 10.1 Å². The first-order valence-corrected chi connectivity index (χ1v) is 7.83. The van der Waals surface area contributed by atoms with Crippen LogP contribution in [0.15, 0.2) is 54.9 Å². The molecule has 0 aliphatic carbocycles. The lowest BCUT2D eigenvalue weighted by molar-refractivity contribution is 0.603. The standard InChI is InChI=1S/C19H17FN4/c1-12-3-4-15(9-13(12)2)17-10-18(14-5-7-16(20)8-6-14)24-19(23-17)21-11-22-24/h3-11,18H,1-2H3,(H,21,22,23). The number of nitrogens with one attached hydrogen (secondary N) is 1. The highest BCUT2D eigenvalue weighted by molar-refractivity contribution is 5.77. The van der Waals surface area contributed by atoms with Crippen LogP contribution in [0.25, 0.3) is 5.70 Å². The molecule has 2 heterocycles. The molecule has 1 N–H and O–H groups in total. The SMILES string of the molecule is Cc1ccc(C2=CC(c3ccc(F)cc3)n3ncnc3N2)cc1C. The maximum Gasteiger partial charge on any atom is 0.226 e. The van der Waals surface area contributed by atoms with E-state index in [4.69, 9.17) is 0 Å². The average molecular weight is 320 g/mol. The molecule has 4 rings (SSSR count). The molecule has 3 aromatic rings. The molecule has 0 bridgehead atoms. The first kappa shape index (κ1) is 14.6. The Balaban J connectivity index is 1.81. The number of hydrogen-bond acceptors (Lipinski definition) is 3. The second-order valence-corrected chi connectivity index (χ2v) is 6.03. The van der Waals surface area contributed by atoms with E-state index in [-0.39, 0.29) is 11.9 Å². The highest BCUT2D eigenvalue weighted by Crippen LogP contribution is 2.32. The second-order valence-electron chi connectivity index (χ2n) is 6.03. The second kappa shape index (κ2) is 5.60. The maximum absolute atomic E-state index is 13.3. The predicted octanol–water partition coefficient (Wildman–Crippen LogP) is 4.09. The summed E-state index contributed by atoms with van der Waals surface area (Å²) >= 11 is 0. The molecule has 1 aliphatic rings. The normalized spacial score (nSPS) is 16.3. The monoisotopic (exact) mass is 320 g/mol. The molecule has 0 spiro atoms. The summed E-state index contributed by atoms with van der Waals surface area (Å²) in [4.78, 5) is 4.29. The summed E-state index contributed by atoms with van der Waals surface area (Å²) < 4.78 is 15.1. The van der Waals surface area contributed by atoms with Crippen LogP contribution in [0.1, 0.15) is 28.3 Å². The van der Waals surface area contributed by atoms with Gasteiger partial charge in [0, 0.05) is 5.70 Å². The highest BCUT2D eigenvalue weighted by Gasteiger charge is 2.23. The number of fused-ring (bicyclic) bond motifs is 1. The number of hydrogen-bond donors (Lipinski definition) is 1. The summed E-state index contributed by atoms with van der Waals surface area (Å²) in [6, 6.07) is 12.7. The van der Waals surface area contributed by atoms with E-state index in [1.807, 2.05) is 0 Å². The van der Waals surface area contributed by atoms with Gasteiger partial charge in [-0.15, -0.1) is 0 Å². The molecule has 2 aromatic carbocycles. The number of anilines is 1. The summed E-state index contributed by atoms with van der Waals surface area (Å²) in [6.07, 6.45) is 3.62. The van der Waals surface area contributed by atoms with Gasteiger partial charge in [0.15, 0.2) is 0 Å². The molecule has 1 unspecified atom stereocenters. The summed E-state index contributed by atoms with van der Waals surface area (Å²) in [5, 5.41) is 7.63. The third-order valence-corrected chi connectivity index (χ3v) is 4.44. The van der Waals surface area contributed by atoms with Crippen molar-refractivity contribution in [3.05, 3.63) is 82.9 Å². The van der Waals surface area contributed by atoms with Crippen LogP contribution < -0.4 is 5.32 Å². The van der Waals surface area contributed by atoms with Gasteiger partial charge in [-0.3, -0.25) is 0 Å². The molecule has 0 saturated carbocycles. The lowest BCUT2D eigenvalue weighted by Crippen LogP contribution is -2.20. The van der Waals surface area contributed by atoms with Gasteiger partial charge in [-0.05, 0) is 60.4 Å². The number of nitrogens with zero attached hydrogens (tertiary/aromatic N) is 3. The molecule has 0 fully saturated rings. The van der Waals surface area contributed by atoms with Gasteiger partial charge in [0.05, 0.1) is 0 Å². The lowest BCUT2D eigenvalue weighted by Gasteiger charge is -2.24. The maximum atomic E-state index is 13.3. The van der Waals surface area contributed by atoms with Crippen LogP contribution in [0.2, 0.25) is 0 Å². The Labute approximate surface area is 139 Å². The van der Waals surface area contributed by atoms with Crippen LogP contribution in [0, 0.1) is 19.7 Å². The Morgan fingerprint density at radius 1 is 1.04 bits per heavy atom. The highest BCUT2D eigenvalue weighted by atomic mass is 19.1. The predicted molar refractivity (Wildman–Crippen MR) is 92.1 cm³/mol. The largest absolute Gasteiger partial charge is 0.324 e. The Bertz CT molecular complexity index is 925. The van der Waals surface area contributed by atoms with Crippen LogP contribution >= 0.6 is 0 Å². The molecule has 1 aliphatic heterocycles. The fourth-order valence-electron chi connectivity index (χ4n) is 2.91. The molecule has 0 radical (unpaired) electrons. The first-order chi connectivity index (χ1) is 11.6. The van der Waals surface area contributed by atoms with Gasteiger partial charge >= 0.3 is 0 Å². The topological polar surface area (TPSA) is 42.7 Å². The minimum Gasteiger partial charge on any atom is -0.324 e. The molecule has 5 heteroatoms. The minimum absolute atomic E-state index is 0.124. The van der Waals surface area contributed by atoms with Crippen molar-refractivity contribution in [1.82, 2.24) is 14.8 Å². The zero-order valence-electron chi connectivity index (χ0n) is 13.5. The average Bonchev–Trinajstić information content (AvgIpc) is 3.06. The van der Waals surface area contributed by atoms with Gasteiger partial charge in [-0.25, -0.2) is 9.07 Å². The third kappa shape index (κ3) is 2.48. The Morgan fingerprint density at radius 2 is 1.83 bits per heavy atom. The van der Waals surface area contributed by atoms with Crippen molar-refractivity contribution in [2.75, 3.05) is 5.32 Å². The number of allylic oxidation sites excluding steroid dienone is 1. The summed E-state index contributed by atoms with van der Waals surface area (Å²) in [5.74, 6) is 0.435. The molecule has 0 amide bonds. The van der Waals surface area contributed by atoms with E-state index in [9.17, 15) is 4.39 Å². The molecular weight excluding hydrogens is 303 g/mol. The van der Waals surface area contributed by atoms with Gasteiger partial charge in [0.2, 0.25) is 5.95 Å². The van der Waals surface area contributed by atoms with E-state index < -0.39 is 0 Å². The first-order valence-electron chi connectivity index (χ1n) is 7.83. The third-order valence-electron chi connectivity index (χ3n) is 4.44. The number of aryl methyl sites for hydroxylation is 2. The summed E-state index contributed by atoms with van der Waals surface area (Å²) in [5.41, 5.74) is 5.53. The van der Waals surface area contributed by atoms with Gasteiger partial charge in [0.1, 0.15) is 18.2 Å². The molecule has 1 atom stereocenters. The number of rotatable bonds is 2. The van der Waals surface area contributed by atoms with E-state index in [1.54, 1.807) is 16.8 Å².